The molecule has 96 valence electrons. The van der Waals surface area contributed by atoms with Crippen LogP contribution in [0, 0.1) is 0 Å². The minimum atomic E-state index is 0. The summed E-state index contributed by atoms with van der Waals surface area (Å²) in [5, 5.41) is 2.61. The van der Waals surface area contributed by atoms with Crippen molar-refractivity contribution in [2.45, 2.75) is 6.92 Å². The molecule has 2 heteroatoms. The smallest absolute Gasteiger partial charge is 0.0162 e. The number of benzene rings is 2. The molecule has 1 nitrogen and oxygen atoms in total. The summed E-state index contributed by atoms with van der Waals surface area (Å²) in [5.74, 6) is 0. The van der Waals surface area contributed by atoms with E-state index in [9.17, 15) is 0 Å². The van der Waals surface area contributed by atoms with Gasteiger partial charge in [-0.1, -0.05) is 42.5 Å². The molecule has 0 aliphatic heterocycles. The van der Waals surface area contributed by atoms with Crippen LogP contribution in [0.15, 0.2) is 48.5 Å². The third-order valence-electron chi connectivity index (χ3n) is 2.97. The SMILES string of the molecule is C/C(=C\CN(C)C)c1ccc2ccccc2c1.Cl. The molecule has 2 aromatic rings. The third kappa shape index (κ3) is 3.59. The number of fused-ring (bicyclic) bond motifs is 1. The predicted octanol–water partition coefficient (Wildman–Crippen LogP) is 4.23. The van der Waals surface area contributed by atoms with Crippen molar-refractivity contribution in [3.63, 3.8) is 0 Å². The molecule has 0 saturated carbocycles. The molecule has 2 aromatic carbocycles. The molecule has 0 fully saturated rings. The van der Waals surface area contributed by atoms with Crippen LogP contribution in [0.2, 0.25) is 0 Å². The molecular weight excluding hydrogens is 242 g/mol. The second-order valence-corrected chi connectivity index (χ2v) is 4.71. The maximum Gasteiger partial charge on any atom is 0.0162 e. The number of halogens is 1. The molecule has 0 aromatic heterocycles. The van der Waals surface area contributed by atoms with E-state index in [1.165, 1.54) is 21.9 Å². The molecule has 18 heavy (non-hydrogen) atoms. The second-order valence-electron chi connectivity index (χ2n) is 4.71. The number of hydrogen-bond acceptors (Lipinski definition) is 1. The Morgan fingerprint density at radius 3 is 2.39 bits per heavy atom. The van der Waals surface area contributed by atoms with Gasteiger partial charge < -0.3 is 4.90 Å². The standard InChI is InChI=1S/C16H19N.ClH/c1-13(10-11-17(2)3)15-9-8-14-6-4-5-7-16(14)12-15;/h4-10,12H,11H2,1-3H3;1H/b13-10+;. The van der Waals surface area contributed by atoms with Gasteiger partial charge in [0.2, 0.25) is 0 Å². The zero-order valence-electron chi connectivity index (χ0n) is 11.2. The number of hydrogen-bond donors (Lipinski definition) is 0. The average Bonchev–Trinajstić information content (AvgIpc) is 2.35. The van der Waals surface area contributed by atoms with E-state index < -0.39 is 0 Å². The number of rotatable bonds is 3. The van der Waals surface area contributed by atoms with Crippen molar-refractivity contribution >= 4 is 28.8 Å². The summed E-state index contributed by atoms with van der Waals surface area (Å²) >= 11 is 0. The molecule has 0 radical (unpaired) electrons. The molecule has 0 bridgehead atoms. The van der Waals surface area contributed by atoms with Crippen LogP contribution in [0.25, 0.3) is 16.3 Å². The topological polar surface area (TPSA) is 3.24 Å². The van der Waals surface area contributed by atoms with Crippen LogP contribution in [0.3, 0.4) is 0 Å². The lowest BCUT2D eigenvalue weighted by atomic mass is 10.0. The van der Waals surface area contributed by atoms with Crippen molar-refractivity contribution in [2.24, 2.45) is 0 Å². The highest BCUT2D eigenvalue weighted by atomic mass is 35.5. The molecule has 0 saturated heterocycles. The van der Waals surface area contributed by atoms with Crippen molar-refractivity contribution in [1.82, 2.24) is 4.90 Å². The van der Waals surface area contributed by atoms with Crippen LogP contribution >= 0.6 is 12.4 Å². The Labute approximate surface area is 116 Å². The van der Waals surface area contributed by atoms with Gasteiger partial charge in [-0.3, -0.25) is 0 Å². The summed E-state index contributed by atoms with van der Waals surface area (Å²) in [6.45, 7) is 3.16. The fraction of sp³-hybridized carbons (Fsp3) is 0.250. The van der Waals surface area contributed by atoms with Crippen molar-refractivity contribution in [3.05, 3.63) is 54.1 Å². The molecule has 2 rings (SSSR count). The summed E-state index contributed by atoms with van der Waals surface area (Å²) in [4.78, 5) is 2.17. The van der Waals surface area contributed by atoms with Crippen molar-refractivity contribution < 1.29 is 0 Å². The number of nitrogens with zero attached hydrogens (tertiary/aromatic N) is 1. The van der Waals surface area contributed by atoms with Crippen LogP contribution in [-0.2, 0) is 0 Å². The highest BCUT2D eigenvalue weighted by Crippen LogP contribution is 2.20. The first-order valence-corrected chi connectivity index (χ1v) is 5.97. The molecule has 0 amide bonds. The van der Waals surface area contributed by atoms with Gasteiger partial charge in [-0.15, -0.1) is 12.4 Å². The number of allylic oxidation sites excluding steroid dienone is 1. The lowest BCUT2D eigenvalue weighted by molar-refractivity contribution is 0.457. The Morgan fingerprint density at radius 2 is 1.72 bits per heavy atom. The van der Waals surface area contributed by atoms with E-state index in [0.29, 0.717) is 0 Å². The maximum absolute atomic E-state index is 2.27. The van der Waals surface area contributed by atoms with E-state index in [1.807, 2.05) is 0 Å². The molecule has 0 aliphatic rings. The second kappa shape index (κ2) is 6.58. The van der Waals surface area contributed by atoms with E-state index >= 15 is 0 Å². The summed E-state index contributed by atoms with van der Waals surface area (Å²) in [5.41, 5.74) is 2.65. The minimum absolute atomic E-state index is 0. The maximum atomic E-state index is 2.27. The largest absolute Gasteiger partial charge is 0.306 e. The van der Waals surface area contributed by atoms with Gasteiger partial charge in [0, 0.05) is 6.54 Å². The molecule has 0 N–H and O–H groups in total. The van der Waals surface area contributed by atoms with Gasteiger partial charge in [0.15, 0.2) is 0 Å². The molecule has 0 unspecified atom stereocenters. The monoisotopic (exact) mass is 261 g/mol. The molecule has 0 heterocycles. The van der Waals surface area contributed by atoms with E-state index in [1.54, 1.807) is 0 Å². The van der Waals surface area contributed by atoms with Gasteiger partial charge >= 0.3 is 0 Å². The van der Waals surface area contributed by atoms with Crippen LogP contribution in [0.5, 0.6) is 0 Å². The average molecular weight is 262 g/mol. The van der Waals surface area contributed by atoms with Gasteiger partial charge in [0.1, 0.15) is 0 Å². The molecule has 0 atom stereocenters. The van der Waals surface area contributed by atoms with Crippen LogP contribution < -0.4 is 0 Å². The third-order valence-corrected chi connectivity index (χ3v) is 2.97. The molecule has 0 spiro atoms. The Kier molecular flexibility index (Phi) is 5.39. The summed E-state index contributed by atoms with van der Waals surface area (Å²) in [6, 6.07) is 15.1. The normalized spacial score (nSPS) is 11.7. The lowest BCUT2D eigenvalue weighted by Crippen LogP contribution is -2.10. The van der Waals surface area contributed by atoms with E-state index in [-0.39, 0.29) is 12.4 Å². The quantitative estimate of drug-likeness (QED) is 0.799. The minimum Gasteiger partial charge on any atom is -0.306 e. The van der Waals surface area contributed by atoms with Gasteiger partial charge in [-0.05, 0) is 49.0 Å². The van der Waals surface area contributed by atoms with Gasteiger partial charge in [-0.2, -0.15) is 0 Å². The lowest BCUT2D eigenvalue weighted by Gasteiger charge is -2.08. The van der Waals surface area contributed by atoms with E-state index in [2.05, 4.69) is 74.5 Å². The van der Waals surface area contributed by atoms with E-state index in [0.717, 1.165) is 6.54 Å². The van der Waals surface area contributed by atoms with Gasteiger partial charge in [-0.25, -0.2) is 0 Å². The number of likely N-dealkylation sites (N-methyl/N-ethyl adjacent to an activating group) is 1. The van der Waals surface area contributed by atoms with Crippen molar-refractivity contribution in [3.8, 4) is 0 Å². The van der Waals surface area contributed by atoms with E-state index in [4.69, 9.17) is 0 Å². The highest BCUT2D eigenvalue weighted by Gasteiger charge is 1.98. The van der Waals surface area contributed by atoms with Crippen molar-refractivity contribution in [2.75, 3.05) is 20.6 Å². The molecule has 0 aliphatic carbocycles. The Balaban J connectivity index is 0.00000162. The van der Waals surface area contributed by atoms with Gasteiger partial charge in [0.25, 0.3) is 0 Å². The zero-order chi connectivity index (χ0) is 12.3. The van der Waals surface area contributed by atoms with Crippen LogP contribution in [0.4, 0.5) is 0 Å². The first-order valence-electron chi connectivity index (χ1n) is 5.97. The fourth-order valence-electron chi connectivity index (χ4n) is 1.87. The Bertz CT molecular complexity index is 544. The van der Waals surface area contributed by atoms with Crippen molar-refractivity contribution in [1.29, 1.82) is 0 Å². The molecular formula is C16H20ClN. The fourth-order valence-corrected chi connectivity index (χ4v) is 1.87. The zero-order valence-corrected chi connectivity index (χ0v) is 12.0. The summed E-state index contributed by atoms with van der Waals surface area (Å²) in [6.07, 6.45) is 2.27. The predicted molar refractivity (Wildman–Crippen MR) is 83.4 cm³/mol. The summed E-state index contributed by atoms with van der Waals surface area (Å²) < 4.78 is 0. The van der Waals surface area contributed by atoms with Crippen LogP contribution in [0.1, 0.15) is 12.5 Å². The first kappa shape index (κ1) is 14.7. The van der Waals surface area contributed by atoms with Gasteiger partial charge in [0.05, 0.1) is 0 Å². The Morgan fingerprint density at radius 1 is 1.06 bits per heavy atom. The Hall–Kier alpha value is -1.31. The van der Waals surface area contributed by atoms with Crippen LogP contribution in [-0.4, -0.2) is 25.5 Å². The highest BCUT2D eigenvalue weighted by molar-refractivity contribution is 5.86. The summed E-state index contributed by atoms with van der Waals surface area (Å²) in [7, 11) is 4.17. The first-order chi connectivity index (χ1) is 8.16.